The van der Waals surface area contributed by atoms with E-state index in [4.69, 9.17) is 9.47 Å². The van der Waals surface area contributed by atoms with Crippen LogP contribution >= 0.6 is 0 Å². The summed E-state index contributed by atoms with van der Waals surface area (Å²) in [7, 11) is 5.45. The number of rotatable bonds is 3. The summed E-state index contributed by atoms with van der Waals surface area (Å²) in [6, 6.07) is 0. The van der Waals surface area contributed by atoms with Gasteiger partial charge in [-0.3, -0.25) is 14.4 Å². The highest BCUT2D eigenvalue weighted by atomic mass is 16.5. The van der Waals surface area contributed by atoms with Crippen LogP contribution in [0.1, 0.15) is 52.4 Å². The summed E-state index contributed by atoms with van der Waals surface area (Å²) in [6.07, 6.45) is 4.05. The van der Waals surface area contributed by atoms with Gasteiger partial charge in [-0.05, 0) is 66.6 Å². The SMILES string of the molecule is CO[C@]1(C)CCCNC2(CCN(C(=O)CN(C)C)CC2)COC(=O)C(C)C(=O)CC1. The van der Waals surface area contributed by atoms with E-state index < -0.39 is 11.9 Å². The number of methoxy groups -OCH3 is 1. The number of amides is 1. The Morgan fingerprint density at radius 3 is 2.50 bits per heavy atom. The number of likely N-dealkylation sites (tertiary alicyclic amines) is 1. The molecule has 2 fully saturated rings. The van der Waals surface area contributed by atoms with Gasteiger partial charge in [0, 0.05) is 26.6 Å². The van der Waals surface area contributed by atoms with Gasteiger partial charge in [-0.1, -0.05) is 0 Å². The predicted octanol–water partition coefficient (Wildman–Crippen LogP) is 1.23. The quantitative estimate of drug-likeness (QED) is 0.537. The number of esters is 1. The number of Topliss-reactive ketones (excluding diaryl/α,β-unsaturated/α-hetero) is 1. The normalized spacial score (nSPS) is 29.1. The van der Waals surface area contributed by atoms with Crippen LogP contribution in [-0.4, -0.2) is 92.6 Å². The lowest BCUT2D eigenvalue weighted by Gasteiger charge is -2.42. The molecule has 0 aromatic rings. The molecule has 0 radical (unpaired) electrons. The Morgan fingerprint density at radius 2 is 1.90 bits per heavy atom. The smallest absolute Gasteiger partial charge is 0.316 e. The van der Waals surface area contributed by atoms with Gasteiger partial charge in [0.15, 0.2) is 0 Å². The van der Waals surface area contributed by atoms with Crippen LogP contribution in [0.5, 0.6) is 0 Å². The molecule has 1 spiro atoms. The maximum Gasteiger partial charge on any atom is 0.316 e. The van der Waals surface area contributed by atoms with Crippen molar-refractivity contribution in [1.29, 1.82) is 0 Å². The van der Waals surface area contributed by atoms with Crippen molar-refractivity contribution in [2.24, 2.45) is 5.92 Å². The average molecular weight is 426 g/mol. The molecule has 0 aromatic heterocycles. The Kier molecular flexibility index (Phi) is 8.82. The molecule has 30 heavy (non-hydrogen) atoms. The molecule has 0 aromatic carbocycles. The molecular weight excluding hydrogens is 386 g/mol. The van der Waals surface area contributed by atoms with Crippen LogP contribution in [-0.2, 0) is 23.9 Å². The molecule has 2 rings (SSSR count). The fourth-order valence-corrected chi connectivity index (χ4v) is 4.14. The predicted molar refractivity (Wildman–Crippen MR) is 114 cm³/mol. The number of piperidine rings is 1. The van der Waals surface area contributed by atoms with Crippen LogP contribution in [0.25, 0.3) is 0 Å². The van der Waals surface area contributed by atoms with Crippen LogP contribution in [0.15, 0.2) is 0 Å². The van der Waals surface area contributed by atoms with Gasteiger partial charge in [0.05, 0.1) is 17.7 Å². The van der Waals surface area contributed by atoms with E-state index in [0.717, 1.165) is 19.4 Å². The van der Waals surface area contributed by atoms with E-state index in [1.807, 2.05) is 30.8 Å². The molecule has 2 atom stereocenters. The third kappa shape index (κ3) is 6.75. The molecule has 172 valence electrons. The number of nitrogens with zero attached hydrogens (tertiary/aromatic N) is 2. The summed E-state index contributed by atoms with van der Waals surface area (Å²) in [5.41, 5.74) is -0.755. The largest absolute Gasteiger partial charge is 0.463 e. The monoisotopic (exact) mass is 425 g/mol. The maximum absolute atomic E-state index is 12.5. The second-order valence-corrected chi connectivity index (χ2v) is 9.38. The molecular formula is C22H39N3O5. The number of ketones is 1. The van der Waals surface area contributed by atoms with Crippen molar-refractivity contribution in [3.63, 3.8) is 0 Å². The fourth-order valence-electron chi connectivity index (χ4n) is 4.14. The zero-order valence-electron chi connectivity index (χ0n) is 19.3. The first kappa shape index (κ1) is 24.8. The van der Waals surface area contributed by atoms with E-state index in [-0.39, 0.29) is 29.4 Å². The van der Waals surface area contributed by atoms with Gasteiger partial charge >= 0.3 is 5.97 Å². The Balaban J connectivity index is 2.08. The molecule has 2 aliphatic rings. The molecule has 8 heteroatoms. The van der Waals surface area contributed by atoms with Gasteiger partial charge in [-0.2, -0.15) is 0 Å². The van der Waals surface area contributed by atoms with Gasteiger partial charge in [-0.15, -0.1) is 0 Å². The van der Waals surface area contributed by atoms with E-state index in [9.17, 15) is 14.4 Å². The molecule has 2 saturated heterocycles. The van der Waals surface area contributed by atoms with Crippen LogP contribution in [0.2, 0.25) is 0 Å². The van der Waals surface area contributed by atoms with Crippen molar-refractivity contribution in [3.05, 3.63) is 0 Å². The van der Waals surface area contributed by atoms with Crippen LogP contribution in [0.3, 0.4) is 0 Å². The van der Waals surface area contributed by atoms with Crippen LogP contribution < -0.4 is 5.32 Å². The molecule has 0 aliphatic carbocycles. The zero-order valence-corrected chi connectivity index (χ0v) is 19.3. The molecule has 1 unspecified atom stereocenters. The van der Waals surface area contributed by atoms with E-state index in [1.54, 1.807) is 14.0 Å². The van der Waals surface area contributed by atoms with Crippen molar-refractivity contribution in [1.82, 2.24) is 15.1 Å². The molecule has 0 saturated carbocycles. The molecule has 0 bridgehead atoms. The first-order valence-electron chi connectivity index (χ1n) is 11.0. The first-order valence-corrected chi connectivity index (χ1v) is 11.0. The summed E-state index contributed by atoms with van der Waals surface area (Å²) >= 11 is 0. The number of nitrogens with one attached hydrogen (secondary N) is 1. The van der Waals surface area contributed by atoms with Crippen molar-refractivity contribution in [3.8, 4) is 0 Å². The van der Waals surface area contributed by atoms with Gasteiger partial charge in [0.25, 0.3) is 0 Å². The third-order valence-corrected chi connectivity index (χ3v) is 6.63. The molecule has 2 aliphatic heterocycles. The number of carbonyl (C=O) groups is 3. The van der Waals surface area contributed by atoms with E-state index in [1.165, 1.54) is 0 Å². The minimum atomic E-state index is -0.773. The number of carbonyl (C=O) groups excluding carboxylic acids is 3. The Bertz CT molecular complexity index is 616. The van der Waals surface area contributed by atoms with Gasteiger partial charge < -0.3 is 24.6 Å². The summed E-state index contributed by atoms with van der Waals surface area (Å²) in [5.74, 6) is -1.23. The number of likely N-dealkylation sites (N-methyl/N-ethyl adjacent to an activating group) is 1. The number of cyclic esters (lactones) is 1. The summed E-state index contributed by atoms with van der Waals surface area (Å²) in [5, 5.41) is 3.62. The lowest BCUT2D eigenvalue weighted by Crippen LogP contribution is -2.58. The maximum atomic E-state index is 12.5. The number of hydrogen-bond acceptors (Lipinski definition) is 7. The second-order valence-electron chi connectivity index (χ2n) is 9.38. The lowest BCUT2D eigenvalue weighted by atomic mass is 9.87. The zero-order chi connectivity index (χ0) is 22.4. The van der Waals surface area contributed by atoms with E-state index in [0.29, 0.717) is 45.3 Å². The summed E-state index contributed by atoms with van der Waals surface area (Å²) < 4.78 is 11.3. The van der Waals surface area contributed by atoms with Crippen LogP contribution in [0.4, 0.5) is 0 Å². The second kappa shape index (κ2) is 10.7. The topological polar surface area (TPSA) is 88.2 Å². The number of hydrogen-bond donors (Lipinski definition) is 1. The van der Waals surface area contributed by atoms with Crippen molar-refractivity contribution < 1.29 is 23.9 Å². The Hall–Kier alpha value is -1.51. The average Bonchev–Trinajstić information content (AvgIpc) is 2.73. The first-order chi connectivity index (χ1) is 14.1. The highest BCUT2D eigenvalue weighted by molar-refractivity contribution is 5.98. The number of ether oxygens (including phenoxy) is 2. The van der Waals surface area contributed by atoms with Gasteiger partial charge in [-0.25, -0.2) is 0 Å². The van der Waals surface area contributed by atoms with Crippen molar-refractivity contribution in [2.75, 3.05) is 54.0 Å². The highest BCUT2D eigenvalue weighted by Gasteiger charge is 2.38. The molecule has 8 nitrogen and oxygen atoms in total. The molecule has 1 amide bonds. The van der Waals surface area contributed by atoms with Gasteiger partial charge in [0.1, 0.15) is 18.3 Å². The third-order valence-electron chi connectivity index (χ3n) is 6.63. The van der Waals surface area contributed by atoms with E-state index >= 15 is 0 Å². The molecule has 2 heterocycles. The summed E-state index contributed by atoms with van der Waals surface area (Å²) in [4.78, 5) is 41.1. The standard InChI is InChI=1S/C22H39N3O5/c1-17-18(26)7-9-21(2,29-5)8-6-12-23-22(16-30-20(17)28)10-13-25(14-11-22)19(27)15-24(3)4/h17,23H,6-16H2,1-5H3/t17?,21-/m1/s1. The Labute approximate surface area is 180 Å². The van der Waals surface area contributed by atoms with Crippen molar-refractivity contribution in [2.45, 2.75) is 63.5 Å². The van der Waals surface area contributed by atoms with Crippen LogP contribution in [0, 0.1) is 5.92 Å². The van der Waals surface area contributed by atoms with Gasteiger partial charge in [0.2, 0.25) is 5.91 Å². The fraction of sp³-hybridized carbons (Fsp3) is 0.864. The summed E-state index contributed by atoms with van der Waals surface area (Å²) in [6.45, 7) is 6.28. The Morgan fingerprint density at radius 1 is 1.23 bits per heavy atom. The highest BCUT2D eigenvalue weighted by Crippen LogP contribution is 2.27. The minimum absolute atomic E-state index is 0.103. The molecule has 1 N–H and O–H groups in total. The van der Waals surface area contributed by atoms with Crippen molar-refractivity contribution >= 4 is 17.7 Å². The minimum Gasteiger partial charge on any atom is -0.463 e. The van der Waals surface area contributed by atoms with E-state index in [2.05, 4.69) is 5.32 Å². The lowest BCUT2D eigenvalue weighted by molar-refractivity contribution is -0.155.